The molecule has 0 saturated carbocycles. The van der Waals surface area contributed by atoms with E-state index in [1.165, 1.54) is 16.8 Å². The number of nitrogens with zero attached hydrogens (tertiary/aromatic N) is 3. The van der Waals surface area contributed by atoms with Crippen LogP contribution in [0.3, 0.4) is 0 Å². The topological polar surface area (TPSA) is 26.8 Å². The summed E-state index contributed by atoms with van der Waals surface area (Å²) in [6.07, 6.45) is 2.25. The van der Waals surface area contributed by atoms with E-state index in [9.17, 15) is 4.79 Å². The second-order valence-electron chi connectivity index (χ2n) is 8.59. The van der Waals surface area contributed by atoms with Gasteiger partial charge in [0.05, 0.1) is 0 Å². The first kappa shape index (κ1) is 18.2. The van der Waals surface area contributed by atoms with Crippen molar-refractivity contribution in [3.05, 3.63) is 29.3 Å². The first-order chi connectivity index (χ1) is 11.8. The lowest BCUT2D eigenvalue weighted by Gasteiger charge is -2.44. The molecular formula is C21H33N3O. The minimum Gasteiger partial charge on any atom is -0.360 e. The second-order valence-corrected chi connectivity index (χ2v) is 8.59. The molecule has 0 N–H and O–H groups in total. The molecule has 0 aliphatic carbocycles. The monoisotopic (exact) mass is 343 g/mol. The summed E-state index contributed by atoms with van der Waals surface area (Å²) in [6.45, 7) is 15.6. The van der Waals surface area contributed by atoms with Crippen LogP contribution in [0.5, 0.6) is 0 Å². The maximum absolute atomic E-state index is 13.1. The average molecular weight is 344 g/mol. The number of piperazine rings is 1. The maximum Gasteiger partial charge on any atom is 0.245 e. The second kappa shape index (κ2) is 6.99. The SMILES string of the molecule is Cc1ccc2c(c1)CCCN2C(C)C(=O)N1CCN(C(C)(C)C)CC1. The number of carbonyl (C=O) groups excluding carboxylic acids is 1. The number of hydrogen-bond acceptors (Lipinski definition) is 3. The van der Waals surface area contributed by atoms with Gasteiger partial charge in [-0.1, -0.05) is 17.7 Å². The zero-order valence-electron chi connectivity index (χ0n) is 16.5. The fraction of sp³-hybridized carbons (Fsp3) is 0.667. The van der Waals surface area contributed by atoms with Crippen LogP contribution in [0.25, 0.3) is 0 Å². The van der Waals surface area contributed by atoms with Crippen LogP contribution in [0, 0.1) is 6.92 Å². The highest BCUT2D eigenvalue weighted by Crippen LogP contribution is 2.30. The van der Waals surface area contributed by atoms with E-state index in [1.807, 2.05) is 0 Å². The quantitative estimate of drug-likeness (QED) is 0.826. The lowest BCUT2D eigenvalue weighted by molar-refractivity contribution is -0.134. The Balaban J connectivity index is 1.68. The van der Waals surface area contributed by atoms with Crippen LogP contribution >= 0.6 is 0 Å². The maximum atomic E-state index is 13.1. The summed E-state index contributed by atoms with van der Waals surface area (Å²) < 4.78 is 0. The molecule has 1 saturated heterocycles. The van der Waals surface area contributed by atoms with Gasteiger partial charge in [0.25, 0.3) is 0 Å². The lowest BCUT2D eigenvalue weighted by Crippen LogP contribution is -2.58. The predicted molar refractivity (Wildman–Crippen MR) is 104 cm³/mol. The zero-order chi connectivity index (χ0) is 18.2. The number of hydrogen-bond donors (Lipinski definition) is 0. The van der Waals surface area contributed by atoms with Gasteiger partial charge in [0.15, 0.2) is 0 Å². The molecule has 0 radical (unpaired) electrons. The van der Waals surface area contributed by atoms with E-state index < -0.39 is 0 Å². The Morgan fingerprint density at radius 1 is 1.08 bits per heavy atom. The van der Waals surface area contributed by atoms with Gasteiger partial charge < -0.3 is 9.80 Å². The third-order valence-corrected chi connectivity index (χ3v) is 5.75. The van der Waals surface area contributed by atoms with Crippen molar-refractivity contribution in [2.45, 2.75) is 59.0 Å². The van der Waals surface area contributed by atoms with Crippen LogP contribution in [0.2, 0.25) is 0 Å². The molecule has 1 unspecified atom stereocenters. The van der Waals surface area contributed by atoms with E-state index in [4.69, 9.17) is 0 Å². The van der Waals surface area contributed by atoms with Gasteiger partial charge in [0.1, 0.15) is 6.04 Å². The molecule has 25 heavy (non-hydrogen) atoms. The van der Waals surface area contributed by atoms with Gasteiger partial charge in [-0.15, -0.1) is 0 Å². The summed E-state index contributed by atoms with van der Waals surface area (Å²) in [5, 5.41) is 0. The van der Waals surface area contributed by atoms with Crippen LogP contribution in [0.15, 0.2) is 18.2 Å². The lowest BCUT2D eigenvalue weighted by atomic mass is 9.98. The average Bonchev–Trinajstić information content (AvgIpc) is 2.59. The summed E-state index contributed by atoms with van der Waals surface area (Å²) in [7, 11) is 0. The largest absolute Gasteiger partial charge is 0.360 e. The number of fused-ring (bicyclic) bond motifs is 1. The normalized spacial score (nSPS) is 20.4. The van der Waals surface area contributed by atoms with Gasteiger partial charge in [-0.3, -0.25) is 9.69 Å². The van der Waals surface area contributed by atoms with E-state index >= 15 is 0 Å². The third-order valence-electron chi connectivity index (χ3n) is 5.75. The molecule has 4 heteroatoms. The highest BCUT2D eigenvalue weighted by molar-refractivity contribution is 5.85. The summed E-state index contributed by atoms with van der Waals surface area (Å²) in [5.74, 6) is 0.280. The van der Waals surface area contributed by atoms with Crippen LogP contribution in [-0.4, -0.2) is 60.0 Å². The van der Waals surface area contributed by atoms with Gasteiger partial charge >= 0.3 is 0 Å². The predicted octanol–water partition coefficient (Wildman–Crippen LogP) is 3.08. The van der Waals surface area contributed by atoms with E-state index in [0.717, 1.165) is 45.6 Å². The number of aryl methyl sites for hydroxylation is 2. The molecule has 2 heterocycles. The van der Waals surface area contributed by atoms with Crippen molar-refractivity contribution in [2.75, 3.05) is 37.6 Å². The molecule has 0 aromatic heterocycles. The fourth-order valence-electron chi connectivity index (χ4n) is 4.15. The Hall–Kier alpha value is -1.55. The molecule has 0 spiro atoms. The summed E-state index contributed by atoms with van der Waals surface area (Å²) >= 11 is 0. The molecule has 1 aromatic carbocycles. The molecule has 2 aliphatic heterocycles. The Bertz CT molecular complexity index is 627. The van der Waals surface area contributed by atoms with Crippen molar-refractivity contribution < 1.29 is 4.79 Å². The van der Waals surface area contributed by atoms with Crippen molar-refractivity contribution in [1.82, 2.24) is 9.80 Å². The van der Waals surface area contributed by atoms with Crippen molar-refractivity contribution in [3.8, 4) is 0 Å². The standard InChI is InChI=1S/C21H33N3O/c1-16-8-9-19-18(15-16)7-6-10-24(19)17(2)20(25)22-11-13-23(14-12-22)21(3,4)5/h8-9,15,17H,6-7,10-14H2,1-5H3. The minimum atomic E-state index is -0.0806. The van der Waals surface area contributed by atoms with Crippen LogP contribution in [0.4, 0.5) is 5.69 Å². The molecule has 0 bridgehead atoms. The van der Waals surface area contributed by atoms with Gasteiger partial charge in [0.2, 0.25) is 5.91 Å². The molecule has 138 valence electrons. The number of anilines is 1. The highest BCUT2D eigenvalue weighted by atomic mass is 16.2. The Morgan fingerprint density at radius 2 is 1.76 bits per heavy atom. The third kappa shape index (κ3) is 3.84. The van der Waals surface area contributed by atoms with Crippen LogP contribution in [0.1, 0.15) is 45.2 Å². The summed E-state index contributed by atoms with van der Waals surface area (Å²) in [5.41, 5.74) is 4.14. The van der Waals surface area contributed by atoms with E-state index in [-0.39, 0.29) is 17.5 Å². The summed E-state index contributed by atoms with van der Waals surface area (Å²) in [6, 6.07) is 6.56. The number of rotatable bonds is 2. The van der Waals surface area contributed by atoms with Gasteiger partial charge in [-0.05, 0) is 59.1 Å². The first-order valence-corrected chi connectivity index (χ1v) is 9.67. The number of amides is 1. The number of carbonyl (C=O) groups is 1. The van der Waals surface area contributed by atoms with Crippen molar-refractivity contribution in [1.29, 1.82) is 0 Å². The molecule has 1 aromatic rings. The molecule has 1 fully saturated rings. The van der Waals surface area contributed by atoms with Crippen molar-refractivity contribution in [2.24, 2.45) is 0 Å². The van der Waals surface area contributed by atoms with Gasteiger partial charge in [-0.25, -0.2) is 0 Å². The van der Waals surface area contributed by atoms with Gasteiger partial charge in [0, 0.05) is 44.0 Å². The zero-order valence-corrected chi connectivity index (χ0v) is 16.5. The Labute approximate surface area is 152 Å². The first-order valence-electron chi connectivity index (χ1n) is 9.67. The highest BCUT2D eigenvalue weighted by Gasteiger charge is 2.32. The molecule has 1 amide bonds. The van der Waals surface area contributed by atoms with E-state index in [2.05, 4.69) is 67.5 Å². The smallest absolute Gasteiger partial charge is 0.245 e. The van der Waals surface area contributed by atoms with Crippen molar-refractivity contribution in [3.63, 3.8) is 0 Å². The molecular weight excluding hydrogens is 310 g/mol. The van der Waals surface area contributed by atoms with Crippen LogP contribution in [-0.2, 0) is 11.2 Å². The van der Waals surface area contributed by atoms with E-state index in [0.29, 0.717) is 0 Å². The Morgan fingerprint density at radius 3 is 2.40 bits per heavy atom. The number of benzene rings is 1. The minimum absolute atomic E-state index is 0.0806. The van der Waals surface area contributed by atoms with Gasteiger partial charge in [-0.2, -0.15) is 0 Å². The Kier molecular flexibility index (Phi) is 5.10. The summed E-state index contributed by atoms with van der Waals surface area (Å²) in [4.78, 5) is 19.9. The van der Waals surface area contributed by atoms with Crippen LogP contribution < -0.4 is 4.90 Å². The molecule has 4 nitrogen and oxygen atoms in total. The van der Waals surface area contributed by atoms with Crippen molar-refractivity contribution >= 4 is 11.6 Å². The van der Waals surface area contributed by atoms with E-state index in [1.54, 1.807) is 0 Å². The fourth-order valence-corrected chi connectivity index (χ4v) is 4.15. The molecule has 3 rings (SSSR count). The molecule has 1 atom stereocenters. The molecule has 2 aliphatic rings.